The van der Waals surface area contributed by atoms with Crippen molar-refractivity contribution in [1.29, 1.82) is 5.26 Å². The van der Waals surface area contributed by atoms with Gasteiger partial charge in [0.05, 0.1) is 18.7 Å². The fourth-order valence-corrected chi connectivity index (χ4v) is 2.65. The molecule has 0 fully saturated rings. The van der Waals surface area contributed by atoms with Crippen LogP contribution in [0.2, 0.25) is 0 Å². The zero-order chi connectivity index (χ0) is 19.1. The first-order chi connectivity index (χ1) is 13.2. The molecule has 0 saturated heterocycles. The summed E-state index contributed by atoms with van der Waals surface area (Å²) in [6.07, 6.45) is 0. The molecule has 0 heterocycles. The number of amides is 1. The van der Waals surface area contributed by atoms with E-state index in [0.717, 1.165) is 11.4 Å². The molecule has 1 amide bonds. The average Bonchev–Trinajstić information content (AvgIpc) is 2.74. The highest BCUT2D eigenvalue weighted by atomic mass is 16.5. The number of ether oxygens (including phenoxy) is 2. The van der Waals surface area contributed by atoms with Crippen molar-refractivity contribution in [1.82, 2.24) is 0 Å². The average molecular weight is 358 g/mol. The summed E-state index contributed by atoms with van der Waals surface area (Å²) in [5.41, 5.74) is 1.97. The summed E-state index contributed by atoms with van der Waals surface area (Å²) in [7, 11) is 1.49. The van der Waals surface area contributed by atoms with Gasteiger partial charge in [-0.25, -0.2) is 0 Å². The van der Waals surface area contributed by atoms with Crippen molar-refractivity contribution in [3.63, 3.8) is 0 Å². The molecule has 0 aliphatic rings. The maximum Gasteiger partial charge on any atom is 0.269 e. The zero-order valence-electron chi connectivity index (χ0n) is 14.8. The number of nitrogens with zero attached hydrogens (tertiary/aromatic N) is 2. The van der Waals surface area contributed by atoms with E-state index in [2.05, 4.69) is 0 Å². The van der Waals surface area contributed by atoms with Crippen LogP contribution in [0.25, 0.3) is 0 Å². The van der Waals surface area contributed by atoms with E-state index in [4.69, 9.17) is 14.7 Å². The van der Waals surface area contributed by atoms with E-state index in [1.54, 1.807) is 23.1 Å². The molecule has 0 aliphatic carbocycles. The number of benzene rings is 3. The van der Waals surface area contributed by atoms with Gasteiger partial charge in [0, 0.05) is 17.4 Å². The van der Waals surface area contributed by atoms with E-state index in [9.17, 15) is 4.79 Å². The molecule has 3 aromatic rings. The topological polar surface area (TPSA) is 62.6 Å². The number of hydrogen-bond donors (Lipinski definition) is 0. The first-order valence-corrected chi connectivity index (χ1v) is 8.37. The quantitative estimate of drug-likeness (QED) is 0.659. The van der Waals surface area contributed by atoms with Crippen LogP contribution in [0.1, 0.15) is 5.56 Å². The second kappa shape index (κ2) is 8.54. The first-order valence-electron chi connectivity index (χ1n) is 8.37. The number of carbonyl (C=O) groups excluding carboxylic acids is 1. The van der Waals surface area contributed by atoms with Gasteiger partial charge in [-0.15, -0.1) is 0 Å². The van der Waals surface area contributed by atoms with Crippen LogP contribution < -0.4 is 14.4 Å². The number of anilines is 2. The molecule has 0 bridgehead atoms. The van der Waals surface area contributed by atoms with Crippen LogP contribution in [0.15, 0.2) is 78.9 Å². The minimum Gasteiger partial charge on any atom is -0.493 e. The monoisotopic (exact) mass is 358 g/mol. The number of nitriles is 1. The Kier molecular flexibility index (Phi) is 5.70. The van der Waals surface area contributed by atoms with Crippen LogP contribution >= 0.6 is 0 Å². The van der Waals surface area contributed by atoms with E-state index in [1.807, 2.05) is 66.7 Å². The number of hydrogen-bond acceptors (Lipinski definition) is 4. The van der Waals surface area contributed by atoms with Crippen LogP contribution in [-0.4, -0.2) is 19.6 Å². The first kappa shape index (κ1) is 18.0. The molecule has 0 aliphatic heterocycles. The van der Waals surface area contributed by atoms with Gasteiger partial charge in [0.25, 0.3) is 5.91 Å². The Morgan fingerprint density at radius 1 is 0.926 bits per heavy atom. The summed E-state index contributed by atoms with van der Waals surface area (Å²) >= 11 is 0. The summed E-state index contributed by atoms with van der Waals surface area (Å²) in [6.45, 7) is -0.175. The van der Waals surface area contributed by atoms with Crippen LogP contribution in [0.3, 0.4) is 0 Å². The van der Waals surface area contributed by atoms with Crippen molar-refractivity contribution in [2.24, 2.45) is 0 Å². The molecule has 0 N–H and O–H groups in total. The van der Waals surface area contributed by atoms with Gasteiger partial charge in [0.1, 0.15) is 0 Å². The van der Waals surface area contributed by atoms with Crippen molar-refractivity contribution < 1.29 is 14.3 Å². The molecule has 0 radical (unpaired) electrons. The Labute approximate surface area is 158 Å². The maximum absolute atomic E-state index is 12.9. The zero-order valence-corrected chi connectivity index (χ0v) is 14.8. The lowest BCUT2D eigenvalue weighted by Gasteiger charge is -2.23. The molecule has 0 aromatic heterocycles. The van der Waals surface area contributed by atoms with Gasteiger partial charge >= 0.3 is 0 Å². The van der Waals surface area contributed by atoms with Gasteiger partial charge in [0.2, 0.25) is 0 Å². The Hall–Kier alpha value is -3.78. The molecular formula is C22H18N2O3. The number of carbonyl (C=O) groups is 1. The predicted molar refractivity (Wildman–Crippen MR) is 103 cm³/mol. The SMILES string of the molecule is COc1cc(C#N)ccc1OCC(=O)N(c1ccccc1)c1ccccc1. The third-order valence-corrected chi connectivity index (χ3v) is 3.92. The van der Waals surface area contributed by atoms with Gasteiger partial charge in [-0.2, -0.15) is 5.26 Å². The molecule has 3 aromatic carbocycles. The van der Waals surface area contributed by atoms with E-state index in [1.165, 1.54) is 7.11 Å². The third kappa shape index (κ3) is 4.25. The highest BCUT2D eigenvalue weighted by Gasteiger charge is 2.19. The fourth-order valence-electron chi connectivity index (χ4n) is 2.65. The molecule has 5 nitrogen and oxygen atoms in total. The lowest BCUT2D eigenvalue weighted by molar-refractivity contribution is -0.119. The Balaban J connectivity index is 1.83. The summed E-state index contributed by atoms with van der Waals surface area (Å²) in [4.78, 5) is 14.6. The Morgan fingerprint density at radius 2 is 1.52 bits per heavy atom. The van der Waals surface area contributed by atoms with E-state index in [0.29, 0.717) is 17.1 Å². The predicted octanol–water partition coefficient (Wildman–Crippen LogP) is 4.31. The molecule has 0 saturated carbocycles. The minimum atomic E-state index is -0.223. The standard InChI is InChI=1S/C22H18N2O3/c1-26-21-14-17(15-23)12-13-20(21)27-16-22(25)24(18-8-4-2-5-9-18)19-10-6-3-7-11-19/h2-14H,16H2,1H3. The van der Waals surface area contributed by atoms with Crippen LogP contribution in [-0.2, 0) is 4.79 Å². The summed E-state index contributed by atoms with van der Waals surface area (Å²) < 4.78 is 10.9. The molecule has 3 rings (SSSR count). The van der Waals surface area contributed by atoms with Gasteiger partial charge < -0.3 is 9.47 Å². The van der Waals surface area contributed by atoms with Crippen molar-refractivity contribution >= 4 is 17.3 Å². The Morgan fingerprint density at radius 3 is 2.04 bits per heavy atom. The highest BCUT2D eigenvalue weighted by Crippen LogP contribution is 2.29. The van der Waals surface area contributed by atoms with E-state index in [-0.39, 0.29) is 12.5 Å². The number of rotatable bonds is 6. The van der Waals surface area contributed by atoms with E-state index >= 15 is 0 Å². The minimum absolute atomic E-state index is 0.175. The van der Waals surface area contributed by atoms with Gasteiger partial charge in [-0.1, -0.05) is 36.4 Å². The van der Waals surface area contributed by atoms with Gasteiger partial charge in [-0.3, -0.25) is 9.69 Å². The molecule has 0 atom stereocenters. The second-order valence-electron chi connectivity index (χ2n) is 5.67. The maximum atomic E-state index is 12.9. The van der Waals surface area contributed by atoms with Crippen molar-refractivity contribution in [2.75, 3.05) is 18.6 Å². The molecule has 5 heteroatoms. The number of methoxy groups -OCH3 is 1. The lowest BCUT2D eigenvalue weighted by Crippen LogP contribution is -2.30. The Bertz CT molecular complexity index is 911. The van der Waals surface area contributed by atoms with Crippen molar-refractivity contribution in [2.45, 2.75) is 0 Å². The summed E-state index contributed by atoms with van der Waals surface area (Å²) in [6, 6.07) is 25.6. The normalized spacial score (nSPS) is 9.93. The fraction of sp³-hybridized carbons (Fsp3) is 0.0909. The molecule has 134 valence electrons. The number of para-hydroxylation sites is 2. The highest BCUT2D eigenvalue weighted by molar-refractivity contribution is 6.01. The summed E-state index contributed by atoms with van der Waals surface area (Å²) in [5, 5.41) is 8.98. The molecule has 0 spiro atoms. The van der Waals surface area contributed by atoms with Crippen LogP contribution in [0.4, 0.5) is 11.4 Å². The van der Waals surface area contributed by atoms with Crippen LogP contribution in [0.5, 0.6) is 11.5 Å². The third-order valence-electron chi connectivity index (χ3n) is 3.92. The van der Waals surface area contributed by atoms with E-state index < -0.39 is 0 Å². The largest absolute Gasteiger partial charge is 0.493 e. The van der Waals surface area contributed by atoms with Crippen LogP contribution in [0, 0.1) is 11.3 Å². The lowest BCUT2D eigenvalue weighted by atomic mass is 10.2. The molecule has 27 heavy (non-hydrogen) atoms. The second-order valence-corrected chi connectivity index (χ2v) is 5.67. The summed E-state index contributed by atoms with van der Waals surface area (Å²) in [5.74, 6) is 0.595. The van der Waals surface area contributed by atoms with Crippen molar-refractivity contribution in [3.05, 3.63) is 84.4 Å². The smallest absolute Gasteiger partial charge is 0.269 e. The molecule has 0 unspecified atom stereocenters. The van der Waals surface area contributed by atoms with Gasteiger partial charge in [0.15, 0.2) is 18.1 Å². The molecular weight excluding hydrogens is 340 g/mol. The van der Waals surface area contributed by atoms with Crippen molar-refractivity contribution in [3.8, 4) is 17.6 Å². The van der Waals surface area contributed by atoms with Gasteiger partial charge in [-0.05, 0) is 36.4 Å².